The third kappa shape index (κ3) is 3.15. The van der Waals surface area contributed by atoms with E-state index in [-0.39, 0.29) is 36.6 Å². The molecule has 0 saturated heterocycles. The van der Waals surface area contributed by atoms with E-state index in [1.165, 1.54) is 17.3 Å². The second kappa shape index (κ2) is 6.95. The van der Waals surface area contributed by atoms with E-state index in [0.29, 0.717) is 22.9 Å². The van der Waals surface area contributed by atoms with E-state index in [1.54, 1.807) is 30.3 Å². The highest BCUT2D eigenvalue weighted by molar-refractivity contribution is 6.25. The van der Waals surface area contributed by atoms with Crippen molar-refractivity contribution in [2.75, 3.05) is 11.9 Å². The Bertz CT molecular complexity index is 999. The van der Waals surface area contributed by atoms with Gasteiger partial charge in [-0.2, -0.15) is 0 Å². The molecule has 3 aromatic rings. The molecule has 3 amide bonds. The van der Waals surface area contributed by atoms with Crippen molar-refractivity contribution in [1.29, 1.82) is 0 Å². The summed E-state index contributed by atoms with van der Waals surface area (Å²) in [6.07, 6.45) is 3.58. The van der Waals surface area contributed by atoms with Gasteiger partial charge in [0.1, 0.15) is 0 Å². The summed E-state index contributed by atoms with van der Waals surface area (Å²) in [5.74, 6) is -0.680. The fourth-order valence-corrected chi connectivity index (χ4v) is 3.23. The standard InChI is InChI=1S/C20H16N4O3/c25-16(23-20-21-10-4-11-22-20)9-3-12-24-18(26)14-7-1-5-13-6-2-8-15(17(13)14)19(24)27/h1-2,4-8,10-11H,3,9,12H2,(H,21,22,23,25). The number of carbonyl (C=O) groups excluding carboxylic acids is 3. The average Bonchev–Trinajstić information content (AvgIpc) is 2.69. The fourth-order valence-electron chi connectivity index (χ4n) is 3.23. The fraction of sp³-hybridized carbons (Fsp3) is 0.150. The zero-order valence-corrected chi connectivity index (χ0v) is 14.4. The smallest absolute Gasteiger partial charge is 0.261 e. The Hall–Kier alpha value is -3.61. The van der Waals surface area contributed by atoms with Crippen LogP contribution in [0.4, 0.5) is 5.95 Å². The molecule has 1 N–H and O–H groups in total. The predicted octanol–water partition coefficient (Wildman–Crippen LogP) is 2.64. The number of nitrogens with one attached hydrogen (secondary N) is 1. The van der Waals surface area contributed by atoms with Crippen LogP contribution in [0.15, 0.2) is 54.9 Å². The summed E-state index contributed by atoms with van der Waals surface area (Å²) in [4.78, 5) is 46.6. The molecular weight excluding hydrogens is 344 g/mol. The van der Waals surface area contributed by atoms with E-state index >= 15 is 0 Å². The lowest BCUT2D eigenvalue weighted by Gasteiger charge is -2.27. The Balaban J connectivity index is 1.45. The molecule has 1 aliphatic rings. The van der Waals surface area contributed by atoms with Gasteiger partial charge >= 0.3 is 0 Å². The third-order valence-electron chi connectivity index (χ3n) is 4.46. The van der Waals surface area contributed by atoms with Crippen LogP contribution in [0.25, 0.3) is 10.8 Å². The number of nitrogens with zero attached hydrogens (tertiary/aromatic N) is 3. The number of hydrogen-bond donors (Lipinski definition) is 1. The van der Waals surface area contributed by atoms with Crippen LogP contribution in [0.2, 0.25) is 0 Å². The maximum absolute atomic E-state index is 12.8. The largest absolute Gasteiger partial charge is 0.295 e. The minimum Gasteiger partial charge on any atom is -0.295 e. The molecule has 0 radical (unpaired) electrons. The molecule has 0 bridgehead atoms. The SMILES string of the molecule is O=C(CCCN1C(=O)c2cccc3cccc(c23)C1=O)Nc1ncccn1. The van der Waals surface area contributed by atoms with E-state index < -0.39 is 0 Å². The summed E-state index contributed by atoms with van der Waals surface area (Å²) in [5, 5.41) is 4.15. The lowest BCUT2D eigenvalue weighted by Crippen LogP contribution is -2.41. The van der Waals surface area contributed by atoms with E-state index in [4.69, 9.17) is 0 Å². The van der Waals surface area contributed by atoms with Gasteiger partial charge < -0.3 is 0 Å². The molecule has 2 heterocycles. The molecular formula is C20H16N4O3. The van der Waals surface area contributed by atoms with Gasteiger partial charge in [0.05, 0.1) is 0 Å². The third-order valence-corrected chi connectivity index (χ3v) is 4.46. The number of amides is 3. The lowest BCUT2D eigenvalue weighted by atomic mass is 9.94. The molecule has 0 saturated carbocycles. The Morgan fingerprint density at radius 1 is 0.926 bits per heavy atom. The highest BCUT2D eigenvalue weighted by atomic mass is 16.2. The zero-order chi connectivity index (χ0) is 18.8. The van der Waals surface area contributed by atoms with Gasteiger partial charge in [-0.25, -0.2) is 9.97 Å². The maximum atomic E-state index is 12.8. The summed E-state index contributed by atoms with van der Waals surface area (Å²) in [6, 6.07) is 12.5. The van der Waals surface area contributed by atoms with Gasteiger partial charge in [-0.15, -0.1) is 0 Å². The molecule has 0 atom stereocenters. The molecule has 4 rings (SSSR count). The van der Waals surface area contributed by atoms with Crippen LogP contribution >= 0.6 is 0 Å². The van der Waals surface area contributed by atoms with E-state index in [1.807, 2.05) is 12.1 Å². The van der Waals surface area contributed by atoms with Crippen LogP contribution < -0.4 is 5.32 Å². The summed E-state index contributed by atoms with van der Waals surface area (Å²) in [5.41, 5.74) is 1.04. The summed E-state index contributed by atoms with van der Waals surface area (Å²) < 4.78 is 0. The van der Waals surface area contributed by atoms with Crippen LogP contribution in [0.5, 0.6) is 0 Å². The topological polar surface area (TPSA) is 92.3 Å². The quantitative estimate of drug-likeness (QED) is 0.706. The van der Waals surface area contributed by atoms with Gasteiger partial charge in [-0.1, -0.05) is 24.3 Å². The van der Waals surface area contributed by atoms with Crippen molar-refractivity contribution in [2.45, 2.75) is 12.8 Å². The van der Waals surface area contributed by atoms with Crippen molar-refractivity contribution < 1.29 is 14.4 Å². The van der Waals surface area contributed by atoms with Crippen molar-refractivity contribution in [3.8, 4) is 0 Å². The lowest BCUT2D eigenvalue weighted by molar-refractivity contribution is -0.116. The van der Waals surface area contributed by atoms with Crippen molar-refractivity contribution in [3.05, 3.63) is 66.0 Å². The molecule has 1 aromatic heterocycles. The second-order valence-electron chi connectivity index (χ2n) is 6.20. The van der Waals surface area contributed by atoms with E-state index in [9.17, 15) is 14.4 Å². The molecule has 2 aromatic carbocycles. The van der Waals surface area contributed by atoms with E-state index in [2.05, 4.69) is 15.3 Å². The van der Waals surface area contributed by atoms with Gasteiger partial charge in [-0.3, -0.25) is 24.6 Å². The first-order valence-corrected chi connectivity index (χ1v) is 8.60. The minimum atomic E-state index is -0.323. The Labute approximate surface area is 155 Å². The average molecular weight is 360 g/mol. The minimum absolute atomic E-state index is 0.154. The summed E-state index contributed by atoms with van der Waals surface area (Å²) in [7, 11) is 0. The van der Waals surface area contributed by atoms with Gasteiger partial charge in [0.2, 0.25) is 11.9 Å². The number of carbonyl (C=O) groups is 3. The predicted molar refractivity (Wildman–Crippen MR) is 99.2 cm³/mol. The number of imide groups is 1. The summed E-state index contributed by atoms with van der Waals surface area (Å²) in [6.45, 7) is 0.172. The Kier molecular flexibility index (Phi) is 4.33. The van der Waals surface area contributed by atoms with Crippen LogP contribution in [0, 0.1) is 0 Å². The first kappa shape index (κ1) is 16.8. The molecule has 0 fully saturated rings. The van der Waals surface area contributed by atoms with Gasteiger partial charge in [-0.05, 0) is 30.0 Å². The number of hydrogen-bond acceptors (Lipinski definition) is 5. The van der Waals surface area contributed by atoms with Crippen LogP contribution in [0.1, 0.15) is 33.6 Å². The molecule has 0 unspecified atom stereocenters. The van der Waals surface area contributed by atoms with Gasteiger partial charge in [0, 0.05) is 41.9 Å². The van der Waals surface area contributed by atoms with E-state index in [0.717, 1.165) is 5.39 Å². The molecule has 7 nitrogen and oxygen atoms in total. The molecule has 0 aliphatic carbocycles. The van der Waals surface area contributed by atoms with Crippen LogP contribution in [0.3, 0.4) is 0 Å². The van der Waals surface area contributed by atoms with Crippen molar-refractivity contribution in [2.24, 2.45) is 0 Å². The van der Waals surface area contributed by atoms with Crippen LogP contribution in [-0.4, -0.2) is 39.1 Å². The van der Waals surface area contributed by atoms with Crippen LogP contribution in [-0.2, 0) is 4.79 Å². The van der Waals surface area contributed by atoms with Gasteiger partial charge in [0.15, 0.2) is 0 Å². The first-order chi connectivity index (χ1) is 13.1. The first-order valence-electron chi connectivity index (χ1n) is 8.60. The normalized spacial score (nSPS) is 13.1. The second-order valence-corrected chi connectivity index (χ2v) is 6.20. The number of rotatable bonds is 5. The monoisotopic (exact) mass is 360 g/mol. The van der Waals surface area contributed by atoms with Crippen molar-refractivity contribution in [3.63, 3.8) is 0 Å². The molecule has 7 heteroatoms. The molecule has 27 heavy (non-hydrogen) atoms. The maximum Gasteiger partial charge on any atom is 0.261 e. The highest BCUT2D eigenvalue weighted by Gasteiger charge is 2.32. The Morgan fingerprint density at radius 2 is 1.56 bits per heavy atom. The summed E-state index contributed by atoms with van der Waals surface area (Å²) >= 11 is 0. The molecule has 0 spiro atoms. The van der Waals surface area contributed by atoms with Crippen molar-refractivity contribution >= 4 is 34.4 Å². The number of benzene rings is 2. The number of anilines is 1. The highest BCUT2D eigenvalue weighted by Crippen LogP contribution is 2.30. The van der Waals surface area contributed by atoms with Gasteiger partial charge in [0.25, 0.3) is 11.8 Å². The zero-order valence-electron chi connectivity index (χ0n) is 14.4. The number of aromatic nitrogens is 2. The van der Waals surface area contributed by atoms with Crippen molar-refractivity contribution in [1.82, 2.24) is 14.9 Å². The molecule has 134 valence electrons. The Morgan fingerprint density at radius 3 is 2.19 bits per heavy atom. The molecule has 1 aliphatic heterocycles.